The Morgan fingerprint density at radius 2 is 2.05 bits per heavy atom. The number of rotatable bonds is 4. The quantitative estimate of drug-likeness (QED) is 0.891. The highest BCUT2D eigenvalue weighted by Crippen LogP contribution is 2.22. The van der Waals surface area contributed by atoms with E-state index in [4.69, 9.17) is 0 Å². The van der Waals surface area contributed by atoms with Gasteiger partial charge in [0, 0.05) is 12.2 Å². The summed E-state index contributed by atoms with van der Waals surface area (Å²) in [5, 5.41) is 12.2. The molecule has 1 heterocycles. The van der Waals surface area contributed by atoms with Gasteiger partial charge in [-0.3, -0.25) is 4.79 Å². The van der Waals surface area contributed by atoms with Gasteiger partial charge in [0.05, 0.1) is 6.10 Å². The molecule has 122 valence electrons. The van der Waals surface area contributed by atoms with Gasteiger partial charge in [0.2, 0.25) is 5.88 Å². The third-order valence-corrected chi connectivity index (χ3v) is 3.42. The number of nitrogens with one attached hydrogen (secondary N) is 1. The summed E-state index contributed by atoms with van der Waals surface area (Å²) in [5.41, 5.74) is -0.0297. The maximum Gasteiger partial charge on any atom is 0.422 e. The monoisotopic (exact) mass is 318 g/mol. The van der Waals surface area contributed by atoms with Gasteiger partial charge >= 0.3 is 6.18 Å². The lowest BCUT2D eigenvalue weighted by atomic mass is 9.93. The van der Waals surface area contributed by atoms with Crippen molar-refractivity contribution in [2.24, 2.45) is 0 Å². The van der Waals surface area contributed by atoms with Gasteiger partial charge in [0.25, 0.3) is 5.91 Å². The van der Waals surface area contributed by atoms with Gasteiger partial charge in [-0.25, -0.2) is 4.98 Å². The second-order valence-electron chi connectivity index (χ2n) is 5.24. The fourth-order valence-electron chi connectivity index (χ4n) is 2.31. The number of nitrogens with zero attached hydrogens (tertiary/aromatic N) is 1. The summed E-state index contributed by atoms with van der Waals surface area (Å²) in [6, 6.07) is 2.72. The molecule has 1 fully saturated rings. The number of amides is 1. The van der Waals surface area contributed by atoms with Crippen molar-refractivity contribution in [3.8, 4) is 5.88 Å². The molecule has 0 saturated heterocycles. The third-order valence-electron chi connectivity index (χ3n) is 3.42. The molecule has 0 atom stereocenters. The number of carbonyl (C=O) groups excluding carboxylic acids is 1. The number of ether oxygens (including phenoxy) is 1. The van der Waals surface area contributed by atoms with Crippen molar-refractivity contribution in [3.63, 3.8) is 0 Å². The van der Waals surface area contributed by atoms with Gasteiger partial charge < -0.3 is 15.2 Å². The molecule has 0 aromatic carbocycles. The average Bonchev–Trinajstić information content (AvgIpc) is 2.47. The molecule has 1 amide bonds. The zero-order chi connectivity index (χ0) is 16.2. The van der Waals surface area contributed by atoms with E-state index in [2.05, 4.69) is 15.0 Å². The van der Waals surface area contributed by atoms with Crippen LogP contribution in [-0.2, 0) is 0 Å². The lowest BCUT2D eigenvalue weighted by molar-refractivity contribution is -0.154. The molecule has 2 N–H and O–H groups in total. The van der Waals surface area contributed by atoms with E-state index in [0.717, 1.165) is 0 Å². The highest BCUT2D eigenvalue weighted by molar-refractivity contribution is 5.96. The van der Waals surface area contributed by atoms with Crippen molar-refractivity contribution < 1.29 is 27.8 Å². The molecule has 1 aliphatic rings. The first-order valence-corrected chi connectivity index (χ1v) is 6.98. The Balaban J connectivity index is 2.00. The first kappa shape index (κ1) is 16.5. The molecule has 0 bridgehead atoms. The van der Waals surface area contributed by atoms with Crippen LogP contribution in [0.25, 0.3) is 0 Å². The summed E-state index contributed by atoms with van der Waals surface area (Å²) in [5.74, 6) is -0.861. The topological polar surface area (TPSA) is 71.5 Å². The Morgan fingerprint density at radius 1 is 1.36 bits per heavy atom. The zero-order valence-electron chi connectivity index (χ0n) is 11.8. The minimum atomic E-state index is -4.50. The number of pyridine rings is 1. The van der Waals surface area contributed by atoms with Crippen molar-refractivity contribution in [2.45, 2.75) is 44.0 Å². The second kappa shape index (κ2) is 6.95. The van der Waals surface area contributed by atoms with Crippen LogP contribution in [0, 0.1) is 0 Å². The van der Waals surface area contributed by atoms with Crippen molar-refractivity contribution in [1.82, 2.24) is 10.3 Å². The maximum atomic E-state index is 12.2. The average molecular weight is 318 g/mol. The molecule has 1 aliphatic carbocycles. The molecule has 1 aromatic rings. The molecule has 1 aromatic heterocycles. The fraction of sp³-hybridized carbons (Fsp3) is 0.571. The lowest BCUT2D eigenvalue weighted by Gasteiger charge is -2.26. The summed E-state index contributed by atoms with van der Waals surface area (Å²) in [6.07, 6.45) is -1.13. The first-order chi connectivity index (χ1) is 10.3. The SMILES string of the molecule is O=C(NC1CCC(O)CC1)c1cccnc1OCC(F)(F)F. The summed E-state index contributed by atoms with van der Waals surface area (Å²) in [6.45, 7) is -1.50. The molecular formula is C14H17F3N2O3. The van der Waals surface area contributed by atoms with E-state index in [-0.39, 0.29) is 23.6 Å². The molecular weight excluding hydrogens is 301 g/mol. The predicted octanol–water partition coefficient (Wildman–Crippen LogP) is 2.06. The summed E-state index contributed by atoms with van der Waals surface area (Å²) >= 11 is 0. The number of alkyl halides is 3. The van der Waals surface area contributed by atoms with Crippen molar-refractivity contribution >= 4 is 5.91 Å². The Hall–Kier alpha value is -1.83. The number of aliphatic hydroxyl groups excluding tert-OH is 1. The summed E-state index contributed by atoms with van der Waals surface area (Å²) < 4.78 is 41.2. The van der Waals surface area contributed by atoms with Gasteiger partial charge in [-0.1, -0.05) is 0 Å². The number of aromatic nitrogens is 1. The largest absolute Gasteiger partial charge is 0.467 e. The van der Waals surface area contributed by atoms with E-state index in [9.17, 15) is 23.1 Å². The summed E-state index contributed by atoms with van der Waals surface area (Å²) in [4.78, 5) is 15.8. The van der Waals surface area contributed by atoms with Gasteiger partial charge in [-0.15, -0.1) is 0 Å². The van der Waals surface area contributed by atoms with Crippen LogP contribution in [0.2, 0.25) is 0 Å². The highest BCUT2D eigenvalue weighted by Gasteiger charge is 2.30. The van der Waals surface area contributed by atoms with E-state index in [0.29, 0.717) is 25.7 Å². The van der Waals surface area contributed by atoms with Gasteiger partial charge in [-0.05, 0) is 37.8 Å². The highest BCUT2D eigenvalue weighted by atomic mass is 19.4. The van der Waals surface area contributed by atoms with Crippen LogP contribution < -0.4 is 10.1 Å². The van der Waals surface area contributed by atoms with Crippen LogP contribution in [-0.4, -0.2) is 40.9 Å². The Morgan fingerprint density at radius 3 is 2.68 bits per heavy atom. The second-order valence-corrected chi connectivity index (χ2v) is 5.24. The van der Waals surface area contributed by atoms with Crippen LogP contribution in [0.4, 0.5) is 13.2 Å². The number of aliphatic hydroxyl groups is 1. The molecule has 0 unspecified atom stereocenters. The van der Waals surface area contributed by atoms with E-state index >= 15 is 0 Å². The van der Waals surface area contributed by atoms with Gasteiger partial charge in [0.15, 0.2) is 6.61 Å². The van der Waals surface area contributed by atoms with Crippen LogP contribution in [0.3, 0.4) is 0 Å². The Labute approximate surface area is 125 Å². The van der Waals surface area contributed by atoms with Crippen molar-refractivity contribution in [3.05, 3.63) is 23.9 Å². The number of hydrogen-bond donors (Lipinski definition) is 2. The van der Waals surface area contributed by atoms with E-state index in [1.807, 2.05) is 0 Å². The van der Waals surface area contributed by atoms with Gasteiger partial charge in [0.1, 0.15) is 5.56 Å². The third kappa shape index (κ3) is 4.87. The van der Waals surface area contributed by atoms with Crippen molar-refractivity contribution in [2.75, 3.05) is 6.61 Å². The minimum absolute atomic E-state index is 0.0297. The number of hydrogen-bond acceptors (Lipinski definition) is 4. The molecule has 0 radical (unpaired) electrons. The Bertz CT molecular complexity index is 514. The predicted molar refractivity (Wildman–Crippen MR) is 71.5 cm³/mol. The number of halogens is 3. The van der Waals surface area contributed by atoms with E-state index in [1.54, 1.807) is 0 Å². The van der Waals surface area contributed by atoms with Crippen LogP contribution >= 0.6 is 0 Å². The zero-order valence-corrected chi connectivity index (χ0v) is 11.8. The van der Waals surface area contributed by atoms with E-state index < -0.39 is 18.7 Å². The molecule has 1 saturated carbocycles. The maximum absolute atomic E-state index is 12.2. The lowest BCUT2D eigenvalue weighted by Crippen LogP contribution is -2.38. The van der Waals surface area contributed by atoms with Crippen LogP contribution in [0.5, 0.6) is 5.88 Å². The normalized spacial score (nSPS) is 22.2. The molecule has 0 spiro atoms. The molecule has 22 heavy (non-hydrogen) atoms. The van der Waals surface area contributed by atoms with E-state index in [1.165, 1.54) is 18.3 Å². The standard InChI is InChI=1S/C14H17F3N2O3/c15-14(16,17)8-22-13-11(2-1-7-18-13)12(21)19-9-3-5-10(20)6-4-9/h1-2,7,9-10,20H,3-6,8H2,(H,19,21). The molecule has 5 nitrogen and oxygen atoms in total. The smallest absolute Gasteiger partial charge is 0.422 e. The summed E-state index contributed by atoms with van der Waals surface area (Å²) in [7, 11) is 0. The van der Waals surface area contributed by atoms with Crippen LogP contribution in [0.15, 0.2) is 18.3 Å². The van der Waals surface area contributed by atoms with Gasteiger partial charge in [-0.2, -0.15) is 13.2 Å². The number of carbonyl (C=O) groups is 1. The molecule has 0 aliphatic heterocycles. The minimum Gasteiger partial charge on any atom is -0.467 e. The fourth-order valence-corrected chi connectivity index (χ4v) is 2.31. The van der Waals surface area contributed by atoms with Crippen LogP contribution in [0.1, 0.15) is 36.0 Å². The molecule has 2 rings (SSSR count). The van der Waals surface area contributed by atoms with Crippen molar-refractivity contribution in [1.29, 1.82) is 0 Å². The molecule has 8 heteroatoms. The Kier molecular flexibility index (Phi) is 5.23. The first-order valence-electron chi connectivity index (χ1n) is 6.98.